The Kier molecular flexibility index (Phi) is 8.77. The van der Waals surface area contributed by atoms with Gasteiger partial charge in [0.2, 0.25) is 5.91 Å². The molecule has 2 amide bonds. The highest BCUT2D eigenvalue weighted by Gasteiger charge is 2.30. The summed E-state index contributed by atoms with van der Waals surface area (Å²) in [6, 6.07) is 1.83. The van der Waals surface area contributed by atoms with Crippen LogP contribution in [-0.4, -0.2) is 53.0 Å². The fourth-order valence-electron chi connectivity index (χ4n) is 2.52. The quantitative estimate of drug-likeness (QED) is 0.409. The fraction of sp³-hybridized carbons (Fsp3) is 0.579. The zero-order chi connectivity index (χ0) is 21.5. The highest BCUT2D eigenvalue weighted by atomic mass is 19.1. The van der Waals surface area contributed by atoms with Gasteiger partial charge >= 0.3 is 6.09 Å². The van der Waals surface area contributed by atoms with Crippen LogP contribution in [0.15, 0.2) is 18.2 Å². The average molecular weight is 401 g/mol. The molecule has 7 nitrogen and oxygen atoms in total. The molecule has 0 radical (unpaired) electrons. The summed E-state index contributed by atoms with van der Waals surface area (Å²) >= 11 is 0. The topological polar surface area (TPSA) is 111 Å². The van der Waals surface area contributed by atoms with Crippen molar-refractivity contribution in [3.63, 3.8) is 0 Å². The Morgan fingerprint density at radius 2 is 1.68 bits per heavy atom. The lowest BCUT2D eigenvalue weighted by molar-refractivity contribution is -0.126. The third-order valence-electron chi connectivity index (χ3n) is 4.14. The summed E-state index contributed by atoms with van der Waals surface area (Å²) in [7, 11) is 0. The van der Waals surface area contributed by atoms with Crippen molar-refractivity contribution in [2.45, 2.75) is 51.8 Å². The number of aliphatic hydroxyl groups is 1. The minimum atomic E-state index is -1.38. The molecule has 0 aliphatic rings. The van der Waals surface area contributed by atoms with E-state index in [1.54, 1.807) is 13.8 Å². The molecule has 0 saturated heterocycles. The van der Waals surface area contributed by atoms with Crippen LogP contribution in [0.5, 0.6) is 0 Å². The monoisotopic (exact) mass is 401 g/mol. The number of benzene rings is 1. The average Bonchev–Trinajstić information content (AvgIpc) is 2.55. The van der Waals surface area contributed by atoms with Crippen LogP contribution in [0.4, 0.5) is 13.6 Å². The van der Waals surface area contributed by atoms with Gasteiger partial charge in [-0.25, -0.2) is 13.6 Å². The van der Waals surface area contributed by atoms with Crippen molar-refractivity contribution in [1.29, 1.82) is 0 Å². The molecule has 0 aliphatic carbocycles. The van der Waals surface area contributed by atoms with Crippen molar-refractivity contribution in [3.8, 4) is 0 Å². The first-order valence-corrected chi connectivity index (χ1v) is 9.06. The molecule has 0 heterocycles. The third-order valence-corrected chi connectivity index (χ3v) is 4.14. The molecular weight excluding hydrogens is 372 g/mol. The van der Waals surface area contributed by atoms with Crippen LogP contribution in [-0.2, 0) is 11.2 Å². The summed E-state index contributed by atoms with van der Waals surface area (Å²) in [6.45, 7) is 7.59. The second-order valence-electron chi connectivity index (χ2n) is 7.71. The Morgan fingerprint density at radius 3 is 2.18 bits per heavy atom. The first kappa shape index (κ1) is 23.8. The molecule has 158 valence electrons. The number of β-amino-alcohol motifs (C(OH)–C–C–N with tert-alkyl or cyclic N) is 1. The third kappa shape index (κ3) is 8.18. The van der Waals surface area contributed by atoms with E-state index in [2.05, 4.69) is 16.0 Å². The lowest BCUT2D eigenvalue weighted by atomic mass is 9.99. The summed E-state index contributed by atoms with van der Waals surface area (Å²) in [4.78, 5) is 23.3. The molecule has 1 rings (SSSR count). The SMILES string of the molecule is CC(C)CNC(=O)C(C)(C)NCC(O)C(Cc1cc(F)cc(F)c1)NC(=O)O. The maximum absolute atomic E-state index is 13.4. The number of aliphatic hydroxyl groups excluding tert-OH is 1. The molecule has 1 aromatic carbocycles. The fourth-order valence-corrected chi connectivity index (χ4v) is 2.52. The van der Waals surface area contributed by atoms with Gasteiger partial charge in [0.1, 0.15) is 11.6 Å². The molecule has 9 heteroatoms. The largest absolute Gasteiger partial charge is 0.465 e. The molecule has 0 spiro atoms. The number of hydrogen-bond donors (Lipinski definition) is 5. The van der Waals surface area contributed by atoms with E-state index in [1.807, 2.05) is 13.8 Å². The Morgan fingerprint density at radius 1 is 1.11 bits per heavy atom. The molecule has 1 aromatic rings. The molecule has 0 bridgehead atoms. The number of amides is 2. The van der Waals surface area contributed by atoms with Gasteiger partial charge in [0.15, 0.2) is 0 Å². The number of hydrogen-bond acceptors (Lipinski definition) is 4. The van der Waals surface area contributed by atoms with Crippen molar-refractivity contribution in [2.24, 2.45) is 5.92 Å². The van der Waals surface area contributed by atoms with E-state index in [1.165, 1.54) is 0 Å². The van der Waals surface area contributed by atoms with Crippen LogP contribution in [0.25, 0.3) is 0 Å². The molecule has 5 N–H and O–H groups in total. The van der Waals surface area contributed by atoms with E-state index >= 15 is 0 Å². The van der Waals surface area contributed by atoms with E-state index in [-0.39, 0.29) is 30.4 Å². The summed E-state index contributed by atoms with van der Waals surface area (Å²) < 4.78 is 26.7. The van der Waals surface area contributed by atoms with Crippen LogP contribution in [0.1, 0.15) is 33.3 Å². The Bertz CT molecular complexity index is 663. The molecule has 2 unspecified atom stereocenters. The van der Waals surface area contributed by atoms with Crippen molar-refractivity contribution >= 4 is 12.0 Å². The van der Waals surface area contributed by atoms with Crippen molar-refractivity contribution in [3.05, 3.63) is 35.4 Å². The van der Waals surface area contributed by atoms with Gasteiger partial charge in [-0.2, -0.15) is 0 Å². The van der Waals surface area contributed by atoms with Crippen molar-refractivity contribution in [1.82, 2.24) is 16.0 Å². The van der Waals surface area contributed by atoms with Gasteiger partial charge in [0.05, 0.1) is 17.7 Å². The number of rotatable bonds is 10. The predicted octanol–water partition coefficient (Wildman–Crippen LogP) is 1.64. The number of nitrogens with one attached hydrogen (secondary N) is 3. The predicted molar refractivity (Wildman–Crippen MR) is 101 cm³/mol. The smallest absolute Gasteiger partial charge is 0.404 e. The van der Waals surface area contributed by atoms with Crippen molar-refractivity contribution < 1.29 is 28.6 Å². The van der Waals surface area contributed by atoms with Crippen LogP contribution < -0.4 is 16.0 Å². The van der Waals surface area contributed by atoms with E-state index < -0.39 is 35.4 Å². The molecule has 2 atom stereocenters. The summed E-state index contributed by atoms with van der Waals surface area (Å²) in [5, 5.41) is 27.3. The molecule has 0 aromatic heterocycles. The Labute approximate surface area is 163 Å². The minimum absolute atomic E-state index is 0.106. The minimum Gasteiger partial charge on any atom is -0.465 e. The maximum Gasteiger partial charge on any atom is 0.404 e. The van der Waals surface area contributed by atoms with Crippen LogP contribution in [0, 0.1) is 17.6 Å². The molecule has 0 saturated carbocycles. The van der Waals surface area contributed by atoms with E-state index in [0.29, 0.717) is 12.6 Å². The van der Waals surface area contributed by atoms with Gasteiger partial charge in [0, 0.05) is 19.2 Å². The maximum atomic E-state index is 13.4. The second-order valence-corrected chi connectivity index (χ2v) is 7.71. The summed E-state index contributed by atoms with van der Waals surface area (Å²) in [5.41, 5.74) is -0.807. The Balaban J connectivity index is 2.77. The van der Waals surface area contributed by atoms with Crippen LogP contribution in [0.2, 0.25) is 0 Å². The van der Waals surface area contributed by atoms with Crippen LogP contribution >= 0.6 is 0 Å². The number of halogens is 2. The summed E-state index contributed by atoms with van der Waals surface area (Å²) in [5.74, 6) is -1.57. The van der Waals surface area contributed by atoms with E-state index in [0.717, 1.165) is 12.1 Å². The van der Waals surface area contributed by atoms with Gasteiger partial charge in [0.25, 0.3) is 0 Å². The molecule has 0 fully saturated rings. The zero-order valence-corrected chi connectivity index (χ0v) is 16.6. The van der Waals surface area contributed by atoms with Gasteiger partial charge in [-0.1, -0.05) is 13.8 Å². The van der Waals surface area contributed by atoms with Gasteiger partial charge in [-0.3, -0.25) is 4.79 Å². The van der Waals surface area contributed by atoms with Crippen molar-refractivity contribution in [2.75, 3.05) is 13.1 Å². The van der Waals surface area contributed by atoms with Gasteiger partial charge in [-0.05, 0) is 43.9 Å². The molecular formula is C19H29F2N3O4. The summed E-state index contributed by atoms with van der Waals surface area (Å²) in [6.07, 6.45) is -2.74. The van der Waals surface area contributed by atoms with E-state index in [9.17, 15) is 23.5 Å². The first-order chi connectivity index (χ1) is 12.9. The van der Waals surface area contributed by atoms with E-state index in [4.69, 9.17) is 5.11 Å². The Hall–Kier alpha value is -2.26. The number of carbonyl (C=O) groups is 2. The zero-order valence-electron chi connectivity index (χ0n) is 16.6. The number of carboxylic acid groups (broad SMARTS) is 1. The molecule has 28 heavy (non-hydrogen) atoms. The first-order valence-electron chi connectivity index (χ1n) is 9.06. The second kappa shape index (κ2) is 10.3. The molecule has 0 aliphatic heterocycles. The van der Waals surface area contributed by atoms with Gasteiger partial charge < -0.3 is 26.2 Å². The number of carbonyl (C=O) groups excluding carboxylic acids is 1. The lowest BCUT2D eigenvalue weighted by Gasteiger charge is -2.29. The normalized spacial score (nSPS) is 13.9. The van der Waals surface area contributed by atoms with Crippen LogP contribution in [0.3, 0.4) is 0 Å². The highest BCUT2D eigenvalue weighted by Crippen LogP contribution is 2.12. The standard InChI is InChI=1S/C19H29F2N3O4/c1-11(2)9-22-17(26)19(3,4)23-10-16(25)15(24-18(27)28)7-12-5-13(20)8-14(21)6-12/h5-6,8,11,15-16,23-25H,7,9-10H2,1-4H3,(H,22,26)(H,27,28). The lowest BCUT2D eigenvalue weighted by Crippen LogP contribution is -2.57. The highest BCUT2D eigenvalue weighted by molar-refractivity contribution is 5.85. The van der Waals surface area contributed by atoms with Gasteiger partial charge in [-0.15, -0.1) is 0 Å².